The zero-order valence-electron chi connectivity index (χ0n) is 12.1. The van der Waals surface area contributed by atoms with Crippen LogP contribution in [0, 0.1) is 0 Å². The summed E-state index contributed by atoms with van der Waals surface area (Å²) in [6.07, 6.45) is 1.46. The number of rotatable bonds is 7. The van der Waals surface area contributed by atoms with Crippen LogP contribution in [0.3, 0.4) is 0 Å². The summed E-state index contributed by atoms with van der Waals surface area (Å²) in [5.74, 6) is -0.0818. The fourth-order valence-corrected chi connectivity index (χ4v) is 2.33. The van der Waals surface area contributed by atoms with Crippen LogP contribution in [0.5, 0.6) is 0 Å². The molecule has 118 valence electrons. The molecule has 0 bridgehead atoms. The van der Waals surface area contributed by atoms with Gasteiger partial charge in [-0.25, -0.2) is 8.42 Å². The topological polar surface area (TPSA) is 92.5 Å². The Bertz CT molecular complexity index is 605. The zero-order valence-corrected chi connectivity index (χ0v) is 13.7. The standard InChI is InChI=1S/C13H20ClN3O3S/c1-17(7-8-21(2,19)20)6-5-13(18)16-10-3-4-11(14)12(15)9-10/h3-4,9H,5-8,15H2,1-2H3,(H,16,18). The summed E-state index contributed by atoms with van der Waals surface area (Å²) in [6, 6.07) is 4.88. The Balaban J connectivity index is 2.38. The van der Waals surface area contributed by atoms with Crippen molar-refractivity contribution in [2.45, 2.75) is 6.42 Å². The van der Waals surface area contributed by atoms with E-state index in [1.165, 1.54) is 6.26 Å². The summed E-state index contributed by atoms with van der Waals surface area (Å²) in [5.41, 5.74) is 6.64. The van der Waals surface area contributed by atoms with Crippen LogP contribution in [-0.2, 0) is 14.6 Å². The van der Waals surface area contributed by atoms with Crippen LogP contribution in [0.2, 0.25) is 5.02 Å². The van der Waals surface area contributed by atoms with Crippen LogP contribution >= 0.6 is 11.6 Å². The maximum Gasteiger partial charge on any atom is 0.225 e. The largest absolute Gasteiger partial charge is 0.397 e. The van der Waals surface area contributed by atoms with Crippen LogP contribution in [0.4, 0.5) is 11.4 Å². The van der Waals surface area contributed by atoms with Gasteiger partial charge in [0.25, 0.3) is 0 Å². The van der Waals surface area contributed by atoms with E-state index in [-0.39, 0.29) is 18.1 Å². The number of sulfone groups is 1. The minimum absolute atomic E-state index is 0.0822. The molecular weight excluding hydrogens is 314 g/mol. The van der Waals surface area contributed by atoms with Crippen molar-refractivity contribution >= 4 is 38.7 Å². The number of nitrogens with zero attached hydrogens (tertiary/aromatic N) is 1. The summed E-state index contributed by atoms with van der Waals surface area (Å²) in [4.78, 5) is 13.6. The average Bonchev–Trinajstić information content (AvgIpc) is 2.37. The first-order valence-corrected chi connectivity index (χ1v) is 8.82. The monoisotopic (exact) mass is 333 g/mol. The van der Waals surface area contributed by atoms with Crippen molar-refractivity contribution in [1.82, 2.24) is 4.90 Å². The van der Waals surface area contributed by atoms with Gasteiger partial charge in [0.2, 0.25) is 5.91 Å². The van der Waals surface area contributed by atoms with Crippen molar-refractivity contribution in [2.24, 2.45) is 0 Å². The van der Waals surface area contributed by atoms with Gasteiger partial charge in [0, 0.05) is 31.5 Å². The second-order valence-electron chi connectivity index (χ2n) is 4.97. The highest BCUT2D eigenvalue weighted by atomic mass is 35.5. The van der Waals surface area contributed by atoms with Crippen molar-refractivity contribution in [3.05, 3.63) is 23.2 Å². The fraction of sp³-hybridized carbons (Fsp3) is 0.462. The molecule has 0 saturated heterocycles. The molecule has 0 aliphatic heterocycles. The van der Waals surface area contributed by atoms with Crippen LogP contribution in [-0.4, -0.2) is 51.4 Å². The van der Waals surface area contributed by atoms with Crippen LogP contribution in [0.25, 0.3) is 0 Å². The van der Waals surface area contributed by atoms with Crippen LogP contribution in [0.15, 0.2) is 18.2 Å². The molecule has 8 heteroatoms. The molecule has 6 nitrogen and oxygen atoms in total. The molecule has 0 aliphatic carbocycles. The van der Waals surface area contributed by atoms with E-state index in [9.17, 15) is 13.2 Å². The second kappa shape index (κ2) is 7.63. The molecular formula is C13H20ClN3O3S. The number of amides is 1. The normalized spacial score (nSPS) is 11.6. The lowest BCUT2D eigenvalue weighted by molar-refractivity contribution is -0.116. The van der Waals surface area contributed by atoms with Gasteiger partial charge in [0.05, 0.1) is 16.5 Å². The van der Waals surface area contributed by atoms with E-state index in [4.69, 9.17) is 17.3 Å². The molecule has 1 rings (SSSR count). The molecule has 1 aromatic rings. The maximum atomic E-state index is 11.8. The summed E-state index contributed by atoms with van der Waals surface area (Å²) >= 11 is 5.80. The van der Waals surface area contributed by atoms with Crippen molar-refractivity contribution < 1.29 is 13.2 Å². The van der Waals surface area contributed by atoms with Gasteiger partial charge < -0.3 is 16.0 Å². The SMILES string of the molecule is CN(CCC(=O)Nc1ccc(Cl)c(N)c1)CCS(C)(=O)=O. The molecule has 1 aromatic carbocycles. The number of hydrogen-bond donors (Lipinski definition) is 2. The molecule has 0 fully saturated rings. The second-order valence-corrected chi connectivity index (χ2v) is 7.63. The third-order valence-electron chi connectivity index (χ3n) is 2.84. The molecule has 0 aromatic heterocycles. The number of carbonyl (C=O) groups excluding carboxylic acids is 1. The summed E-state index contributed by atoms with van der Waals surface area (Å²) in [5, 5.41) is 3.15. The van der Waals surface area contributed by atoms with E-state index >= 15 is 0 Å². The zero-order chi connectivity index (χ0) is 16.0. The van der Waals surface area contributed by atoms with E-state index in [1.807, 2.05) is 0 Å². The lowest BCUT2D eigenvalue weighted by Gasteiger charge is -2.15. The molecule has 0 unspecified atom stereocenters. The first-order chi connectivity index (χ1) is 9.67. The number of hydrogen-bond acceptors (Lipinski definition) is 5. The van der Waals surface area contributed by atoms with Crippen molar-refractivity contribution in [3.8, 4) is 0 Å². The Hall–Kier alpha value is -1.31. The van der Waals surface area contributed by atoms with Crippen molar-refractivity contribution in [3.63, 3.8) is 0 Å². The van der Waals surface area contributed by atoms with Gasteiger partial charge in [0.15, 0.2) is 0 Å². The molecule has 0 atom stereocenters. The Labute approximate surface area is 130 Å². The summed E-state index contributed by atoms with van der Waals surface area (Å²) in [6.45, 7) is 0.879. The van der Waals surface area contributed by atoms with Crippen molar-refractivity contribution in [2.75, 3.05) is 43.2 Å². The van der Waals surface area contributed by atoms with Crippen LogP contribution in [0.1, 0.15) is 6.42 Å². The van der Waals surface area contributed by atoms with Crippen LogP contribution < -0.4 is 11.1 Å². The summed E-state index contributed by atoms with van der Waals surface area (Å²) in [7, 11) is -1.21. The Morgan fingerprint density at radius 2 is 2.05 bits per heavy atom. The number of halogens is 1. The number of benzene rings is 1. The fourth-order valence-electron chi connectivity index (χ4n) is 1.57. The number of nitrogen functional groups attached to an aromatic ring is 1. The van der Waals surface area contributed by atoms with Gasteiger partial charge in [-0.3, -0.25) is 4.79 Å². The Morgan fingerprint density at radius 1 is 1.38 bits per heavy atom. The lowest BCUT2D eigenvalue weighted by atomic mass is 10.2. The van der Waals surface area contributed by atoms with Gasteiger partial charge in [0.1, 0.15) is 9.84 Å². The average molecular weight is 334 g/mol. The highest BCUT2D eigenvalue weighted by Gasteiger charge is 2.08. The number of nitrogens with one attached hydrogen (secondary N) is 1. The molecule has 1 amide bonds. The quantitative estimate of drug-likeness (QED) is 0.732. The van der Waals surface area contributed by atoms with Crippen molar-refractivity contribution in [1.29, 1.82) is 0 Å². The van der Waals surface area contributed by atoms with Gasteiger partial charge in [-0.15, -0.1) is 0 Å². The predicted molar refractivity (Wildman–Crippen MR) is 86.3 cm³/mol. The van der Waals surface area contributed by atoms with Gasteiger partial charge in [-0.2, -0.15) is 0 Å². The highest BCUT2D eigenvalue weighted by molar-refractivity contribution is 7.90. The van der Waals surface area contributed by atoms with E-state index in [2.05, 4.69) is 5.32 Å². The third kappa shape index (κ3) is 7.31. The van der Waals surface area contributed by atoms with E-state index in [0.29, 0.717) is 29.5 Å². The van der Waals surface area contributed by atoms with Gasteiger partial charge in [-0.05, 0) is 25.2 Å². The molecule has 0 radical (unpaired) electrons. The highest BCUT2D eigenvalue weighted by Crippen LogP contribution is 2.22. The molecule has 0 heterocycles. The first-order valence-electron chi connectivity index (χ1n) is 6.38. The molecule has 21 heavy (non-hydrogen) atoms. The molecule has 3 N–H and O–H groups in total. The summed E-state index contributed by atoms with van der Waals surface area (Å²) < 4.78 is 22.1. The van der Waals surface area contributed by atoms with Gasteiger partial charge in [-0.1, -0.05) is 11.6 Å². The Kier molecular flexibility index (Phi) is 6.44. The predicted octanol–water partition coefficient (Wildman–Crippen LogP) is 1.23. The van der Waals surface area contributed by atoms with E-state index in [0.717, 1.165) is 0 Å². The minimum Gasteiger partial charge on any atom is -0.397 e. The number of anilines is 2. The van der Waals surface area contributed by atoms with E-state index in [1.54, 1.807) is 30.1 Å². The Morgan fingerprint density at radius 3 is 2.62 bits per heavy atom. The molecule has 0 spiro atoms. The maximum absolute atomic E-state index is 11.8. The third-order valence-corrected chi connectivity index (χ3v) is 4.11. The van der Waals surface area contributed by atoms with E-state index < -0.39 is 9.84 Å². The number of carbonyl (C=O) groups is 1. The lowest BCUT2D eigenvalue weighted by Crippen LogP contribution is -2.28. The smallest absolute Gasteiger partial charge is 0.225 e. The molecule has 0 saturated carbocycles. The molecule has 0 aliphatic rings. The first kappa shape index (κ1) is 17.7. The minimum atomic E-state index is -2.98. The number of nitrogens with two attached hydrogens (primary N) is 1. The van der Waals surface area contributed by atoms with Gasteiger partial charge >= 0.3 is 0 Å².